The molecule has 1 aromatic rings. The molecular formula is C16H22ClF3Si. The fourth-order valence-corrected chi connectivity index (χ4v) is 3.92. The molecule has 0 radical (unpaired) electrons. The summed E-state index contributed by atoms with van der Waals surface area (Å²) < 4.78 is 37.9. The summed E-state index contributed by atoms with van der Waals surface area (Å²) in [6.45, 7) is 4.05. The van der Waals surface area contributed by atoms with Crippen molar-refractivity contribution in [2.75, 3.05) is 5.88 Å². The fourth-order valence-electron chi connectivity index (χ4n) is 2.17. The molecule has 0 N–H and O–H groups in total. The normalized spacial score (nSPS) is 12.2. The van der Waals surface area contributed by atoms with Crippen molar-refractivity contribution in [1.29, 1.82) is 0 Å². The average molecular weight is 335 g/mol. The van der Waals surface area contributed by atoms with Gasteiger partial charge < -0.3 is 0 Å². The smallest absolute Gasteiger partial charge is 0.166 e. The summed E-state index contributed by atoms with van der Waals surface area (Å²) in [6, 6.07) is 6.61. The Morgan fingerprint density at radius 2 is 1.86 bits per heavy atom. The van der Waals surface area contributed by atoms with Crippen LogP contribution < -0.4 is 5.19 Å². The van der Waals surface area contributed by atoms with Gasteiger partial charge in [-0.05, 0) is 25.3 Å². The first-order chi connectivity index (χ1) is 9.93. The Morgan fingerprint density at radius 1 is 1.14 bits per heavy atom. The van der Waals surface area contributed by atoms with Crippen LogP contribution in [0.4, 0.5) is 13.2 Å². The van der Waals surface area contributed by atoms with E-state index in [4.69, 9.17) is 11.6 Å². The van der Waals surface area contributed by atoms with Crippen LogP contribution >= 0.6 is 11.6 Å². The summed E-state index contributed by atoms with van der Waals surface area (Å²) in [5.74, 6) is 0.712. The SMILES string of the molecule is C=C(CCCCCCCl)C[SiH2]c1cccc(C(F)(F)F)c1. The Morgan fingerprint density at radius 3 is 2.52 bits per heavy atom. The van der Waals surface area contributed by atoms with E-state index in [1.165, 1.54) is 17.7 Å². The molecule has 0 aromatic heterocycles. The minimum absolute atomic E-state index is 0.542. The van der Waals surface area contributed by atoms with E-state index >= 15 is 0 Å². The molecule has 0 heterocycles. The quantitative estimate of drug-likeness (QED) is 0.266. The van der Waals surface area contributed by atoms with E-state index in [9.17, 15) is 13.2 Å². The Hall–Kier alpha value is -0.743. The van der Waals surface area contributed by atoms with Gasteiger partial charge in [0.2, 0.25) is 0 Å². The highest BCUT2D eigenvalue weighted by Gasteiger charge is 2.30. The predicted octanol–water partition coefficient (Wildman–Crippen LogP) is 4.66. The van der Waals surface area contributed by atoms with Crippen molar-refractivity contribution < 1.29 is 13.2 Å². The largest absolute Gasteiger partial charge is 0.416 e. The highest BCUT2D eigenvalue weighted by molar-refractivity contribution is 6.54. The maximum Gasteiger partial charge on any atom is 0.416 e. The number of alkyl halides is 4. The van der Waals surface area contributed by atoms with E-state index in [1.54, 1.807) is 6.07 Å². The Balaban J connectivity index is 2.33. The highest BCUT2D eigenvalue weighted by atomic mass is 35.5. The molecule has 0 aliphatic carbocycles. The second-order valence-corrected chi connectivity index (χ2v) is 7.50. The first-order valence-electron chi connectivity index (χ1n) is 7.32. The Labute approximate surface area is 132 Å². The molecule has 0 saturated heterocycles. The maximum absolute atomic E-state index is 12.6. The second kappa shape index (κ2) is 9.31. The minimum atomic E-state index is -4.25. The van der Waals surface area contributed by atoms with Gasteiger partial charge in [0.15, 0.2) is 0 Å². The minimum Gasteiger partial charge on any atom is -0.166 e. The van der Waals surface area contributed by atoms with Gasteiger partial charge in [-0.15, -0.1) is 18.2 Å². The second-order valence-electron chi connectivity index (χ2n) is 5.30. The number of allylic oxidation sites excluding steroid dienone is 1. The lowest BCUT2D eigenvalue weighted by molar-refractivity contribution is -0.137. The zero-order valence-electron chi connectivity index (χ0n) is 12.2. The molecule has 0 bridgehead atoms. The summed E-state index contributed by atoms with van der Waals surface area (Å²) in [7, 11) is -0.703. The van der Waals surface area contributed by atoms with Gasteiger partial charge in [-0.3, -0.25) is 0 Å². The van der Waals surface area contributed by atoms with Crippen molar-refractivity contribution in [2.45, 2.75) is 44.3 Å². The van der Waals surface area contributed by atoms with Gasteiger partial charge in [-0.25, -0.2) is 0 Å². The van der Waals surface area contributed by atoms with Crippen LogP contribution in [-0.4, -0.2) is 15.4 Å². The zero-order chi connectivity index (χ0) is 15.7. The topological polar surface area (TPSA) is 0 Å². The molecule has 0 atom stereocenters. The lowest BCUT2D eigenvalue weighted by atomic mass is 10.1. The Kier molecular flexibility index (Phi) is 8.12. The molecule has 0 aliphatic rings. The first kappa shape index (κ1) is 18.3. The van der Waals surface area contributed by atoms with Crippen LogP contribution in [0.3, 0.4) is 0 Å². The van der Waals surface area contributed by atoms with Gasteiger partial charge >= 0.3 is 6.18 Å². The number of halogens is 4. The maximum atomic E-state index is 12.6. The number of rotatable bonds is 9. The molecule has 118 valence electrons. The third-order valence-corrected chi connectivity index (χ3v) is 5.68. The lowest BCUT2D eigenvalue weighted by Gasteiger charge is -2.09. The van der Waals surface area contributed by atoms with Crippen molar-refractivity contribution in [3.63, 3.8) is 0 Å². The van der Waals surface area contributed by atoms with Crippen LogP contribution in [0.25, 0.3) is 0 Å². The molecule has 0 saturated carbocycles. The van der Waals surface area contributed by atoms with Crippen LogP contribution in [0.1, 0.15) is 37.7 Å². The van der Waals surface area contributed by atoms with Crippen LogP contribution in [0, 0.1) is 0 Å². The van der Waals surface area contributed by atoms with Crippen LogP contribution in [0.2, 0.25) is 6.04 Å². The van der Waals surface area contributed by atoms with E-state index in [2.05, 4.69) is 6.58 Å². The average Bonchev–Trinajstić information content (AvgIpc) is 2.44. The van der Waals surface area contributed by atoms with E-state index in [1.807, 2.05) is 0 Å². The van der Waals surface area contributed by atoms with Crippen molar-refractivity contribution in [3.8, 4) is 0 Å². The lowest BCUT2D eigenvalue weighted by Crippen LogP contribution is -2.17. The van der Waals surface area contributed by atoms with Crippen molar-refractivity contribution >= 4 is 26.3 Å². The standard InChI is InChI=1S/C16H22ClF3Si/c1-13(7-4-2-3-5-10-17)12-21-15-9-6-8-14(11-15)16(18,19)20/h6,8-9,11H,1-5,7,10,12,21H2. The summed E-state index contributed by atoms with van der Waals surface area (Å²) >= 11 is 5.61. The number of unbranched alkanes of at least 4 members (excludes halogenated alkanes) is 3. The number of hydrogen-bond donors (Lipinski definition) is 0. The summed E-state index contributed by atoms with van der Waals surface area (Å²) in [4.78, 5) is 0. The molecule has 0 fully saturated rings. The van der Waals surface area contributed by atoms with Gasteiger partial charge in [0.25, 0.3) is 0 Å². The first-order valence-corrected chi connectivity index (χ1v) is 9.56. The molecule has 0 nitrogen and oxygen atoms in total. The van der Waals surface area contributed by atoms with Crippen molar-refractivity contribution in [3.05, 3.63) is 42.0 Å². The summed E-state index contributed by atoms with van der Waals surface area (Å²) in [6.07, 6.45) is 1.18. The van der Waals surface area contributed by atoms with Gasteiger partial charge in [-0.1, -0.05) is 47.9 Å². The molecule has 1 aromatic carbocycles. The van der Waals surface area contributed by atoms with Crippen LogP contribution in [0.5, 0.6) is 0 Å². The van der Waals surface area contributed by atoms with Gasteiger partial charge in [0, 0.05) is 5.88 Å². The molecular weight excluding hydrogens is 313 g/mol. The van der Waals surface area contributed by atoms with E-state index < -0.39 is 21.3 Å². The van der Waals surface area contributed by atoms with Crippen LogP contribution in [-0.2, 0) is 6.18 Å². The molecule has 1 rings (SSSR count). The van der Waals surface area contributed by atoms with E-state index in [0.29, 0.717) is 5.88 Å². The third-order valence-electron chi connectivity index (χ3n) is 3.44. The number of benzene rings is 1. The predicted molar refractivity (Wildman–Crippen MR) is 87.4 cm³/mol. The van der Waals surface area contributed by atoms with Gasteiger partial charge in [0.1, 0.15) is 0 Å². The van der Waals surface area contributed by atoms with Crippen LogP contribution in [0.15, 0.2) is 36.4 Å². The van der Waals surface area contributed by atoms with Gasteiger partial charge in [0.05, 0.1) is 15.1 Å². The van der Waals surface area contributed by atoms with E-state index in [0.717, 1.165) is 49.4 Å². The van der Waals surface area contributed by atoms with Crippen molar-refractivity contribution in [1.82, 2.24) is 0 Å². The molecule has 5 heteroatoms. The molecule has 0 aliphatic heterocycles. The number of hydrogen-bond acceptors (Lipinski definition) is 0. The Bertz CT molecular complexity index is 443. The zero-order valence-corrected chi connectivity index (χ0v) is 14.4. The molecule has 0 spiro atoms. The fraction of sp³-hybridized carbons (Fsp3) is 0.500. The monoisotopic (exact) mass is 334 g/mol. The van der Waals surface area contributed by atoms with E-state index in [-0.39, 0.29) is 0 Å². The van der Waals surface area contributed by atoms with Gasteiger partial charge in [-0.2, -0.15) is 13.2 Å². The van der Waals surface area contributed by atoms with Crippen molar-refractivity contribution in [2.24, 2.45) is 0 Å². The summed E-state index contributed by atoms with van der Waals surface area (Å²) in [5.41, 5.74) is 0.629. The third kappa shape index (κ3) is 7.72. The highest BCUT2D eigenvalue weighted by Crippen LogP contribution is 2.28. The molecule has 0 amide bonds. The summed E-state index contributed by atoms with van der Waals surface area (Å²) in [5, 5.41) is 0.855. The molecule has 21 heavy (non-hydrogen) atoms. The molecule has 0 unspecified atom stereocenters.